The van der Waals surface area contributed by atoms with E-state index in [1.54, 1.807) is 11.3 Å². The highest BCUT2D eigenvalue weighted by molar-refractivity contribution is 9.09. The van der Waals surface area contributed by atoms with E-state index < -0.39 is 0 Å². The number of morpholine rings is 1. The lowest BCUT2D eigenvalue weighted by Crippen LogP contribution is -2.43. The molecular weight excluding hydrogens is 274 g/mol. The molecular formula is C11H16BrNOS. The Morgan fingerprint density at radius 3 is 3.27 bits per heavy atom. The molecule has 4 heteroatoms. The zero-order valence-electron chi connectivity index (χ0n) is 8.69. The van der Waals surface area contributed by atoms with E-state index in [-0.39, 0.29) is 0 Å². The van der Waals surface area contributed by atoms with Gasteiger partial charge in [0.15, 0.2) is 0 Å². The summed E-state index contributed by atoms with van der Waals surface area (Å²) < 4.78 is 5.61. The first-order valence-electron chi connectivity index (χ1n) is 5.29. The van der Waals surface area contributed by atoms with E-state index in [2.05, 4.69) is 37.7 Å². The maximum Gasteiger partial charge on any atom is 0.0799 e. The zero-order chi connectivity index (χ0) is 10.5. The highest BCUT2D eigenvalue weighted by Gasteiger charge is 2.18. The van der Waals surface area contributed by atoms with Crippen LogP contribution < -0.4 is 0 Å². The van der Waals surface area contributed by atoms with E-state index in [0.717, 1.165) is 31.6 Å². The summed E-state index contributed by atoms with van der Waals surface area (Å²) in [4.78, 5) is 2.49. The second kappa shape index (κ2) is 5.99. The van der Waals surface area contributed by atoms with Crippen molar-refractivity contribution in [1.29, 1.82) is 0 Å². The first-order chi connectivity index (χ1) is 7.38. The predicted molar refractivity (Wildman–Crippen MR) is 68.0 cm³/mol. The van der Waals surface area contributed by atoms with Crippen molar-refractivity contribution in [3.05, 3.63) is 22.4 Å². The van der Waals surface area contributed by atoms with Crippen molar-refractivity contribution >= 4 is 27.3 Å². The molecule has 2 heterocycles. The van der Waals surface area contributed by atoms with Crippen molar-refractivity contribution in [3.63, 3.8) is 0 Å². The van der Waals surface area contributed by atoms with Crippen LogP contribution in [0, 0.1) is 0 Å². The van der Waals surface area contributed by atoms with Crippen molar-refractivity contribution < 1.29 is 4.74 Å². The molecule has 84 valence electrons. The first kappa shape index (κ1) is 11.6. The number of rotatable bonds is 4. The van der Waals surface area contributed by atoms with Gasteiger partial charge in [0.2, 0.25) is 0 Å². The van der Waals surface area contributed by atoms with Crippen LogP contribution in [0.25, 0.3) is 0 Å². The Labute approximate surface area is 103 Å². The molecule has 0 amide bonds. The predicted octanol–water partition coefficient (Wildman–Crippen LogP) is 2.39. The van der Waals surface area contributed by atoms with Gasteiger partial charge in [-0.2, -0.15) is 11.3 Å². The second-order valence-corrected chi connectivity index (χ2v) is 5.26. The Kier molecular flexibility index (Phi) is 4.62. The van der Waals surface area contributed by atoms with Crippen LogP contribution in [0.5, 0.6) is 0 Å². The number of hydrogen-bond acceptors (Lipinski definition) is 3. The van der Waals surface area contributed by atoms with Crippen LogP contribution in [0.2, 0.25) is 0 Å². The van der Waals surface area contributed by atoms with Crippen LogP contribution in [-0.4, -0.2) is 42.6 Å². The van der Waals surface area contributed by atoms with Gasteiger partial charge in [0.25, 0.3) is 0 Å². The summed E-state index contributed by atoms with van der Waals surface area (Å²) >= 11 is 5.26. The van der Waals surface area contributed by atoms with Crippen molar-refractivity contribution in [2.24, 2.45) is 0 Å². The van der Waals surface area contributed by atoms with Crippen molar-refractivity contribution in [1.82, 2.24) is 4.90 Å². The summed E-state index contributed by atoms with van der Waals surface area (Å²) in [6.45, 7) is 4.17. The van der Waals surface area contributed by atoms with E-state index in [9.17, 15) is 0 Å². The third kappa shape index (κ3) is 3.55. The molecule has 1 aromatic rings. The van der Waals surface area contributed by atoms with Crippen LogP contribution >= 0.6 is 27.3 Å². The fourth-order valence-electron chi connectivity index (χ4n) is 1.80. The SMILES string of the molecule is BrCC1CN(CCc2ccsc2)CCO1. The van der Waals surface area contributed by atoms with E-state index in [1.165, 1.54) is 12.0 Å². The molecule has 15 heavy (non-hydrogen) atoms. The van der Waals surface area contributed by atoms with Gasteiger partial charge in [-0.1, -0.05) is 15.9 Å². The molecule has 0 saturated carbocycles. The van der Waals surface area contributed by atoms with Gasteiger partial charge in [-0.15, -0.1) is 0 Å². The quantitative estimate of drug-likeness (QED) is 0.790. The summed E-state index contributed by atoms with van der Waals surface area (Å²) in [5, 5.41) is 5.33. The maximum absolute atomic E-state index is 5.61. The molecule has 1 atom stereocenters. The van der Waals surface area contributed by atoms with E-state index in [1.807, 2.05) is 0 Å². The largest absolute Gasteiger partial charge is 0.375 e. The average Bonchev–Trinajstić information content (AvgIpc) is 2.79. The number of alkyl halides is 1. The molecule has 1 fully saturated rings. The molecule has 0 radical (unpaired) electrons. The first-order valence-corrected chi connectivity index (χ1v) is 7.36. The Bertz CT molecular complexity index is 278. The van der Waals surface area contributed by atoms with E-state index >= 15 is 0 Å². The van der Waals surface area contributed by atoms with Gasteiger partial charge < -0.3 is 4.74 Å². The molecule has 0 aromatic carbocycles. The minimum atomic E-state index is 0.376. The van der Waals surface area contributed by atoms with Crippen LogP contribution in [0.4, 0.5) is 0 Å². The fraction of sp³-hybridized carbons (Fsp3) is 0.636. The number of nitrogens with zero attached hydrogens (tertiary/aromatic N) is 1. The van der Waals surface area contributed by atoms with Crippen LogP contribution in [-0.2, 0) is 11.2 Å². The minimum Gasteiger partial charge on any atom is -0.375 e. The number of hydrogen-bond donors (Lipinski definition) is 0. The number of ether oxygens (including phenoxy) is 1. The topological polar surface area (TPSA) is 12.5 Å². The third-order valence-corrected chi connectivity index (χ3v) is 4.15. The van der Waals surface area contributed by atoms with Crippen molar-refractivity contribution in [3.8, 4) is 0 Å². The highest BCUT2D eigenvalue weighted by atomic mass is 79.9. The average molecular weight is 290 g/mol. The molecule has 1 saturated heterocycles. The van der Waals surface area contributed by atoms with E-state index in [4.69, 9.17) is 4.74 Å². The molecule has 1 aromatic heterocycles. The van der Waals surface area contributed by atoms with E-state index in [0.29, 0.717) is 6.10 Å². The minimum absolute atomic E-state index is 0.376. The molecule has 0 N–H and O–H groups in total. The molecule has 1 aliphatic rings. The fourth-order valence-corrected chi connectivity index (χ4v) is 2.89. The summed E-state index contributed by atoms with van der Waals surface area (Å²) in [5.74, 6) is 0. The summed E-state index contributed by atoms with van der Waals surface area (Å²) in [7, 11) is 0. The smallest absolute Gasteiger partial charge is 0.0799 e. The molecule has 0 aliphatic carbocycles. The standard InChI is InChI=1S/C11H16BrNOS/c12-7-11-8-13(4-5-14-11)3-1-10-2-6-15-9-10/h2,6,9,11H,1,3-5,7-8H2. The zero-order valence-corrected chi connectivity index (χ0v) is 11.1. The van der Waals surface area contributed by atoms with Gasteiger partial charge in [0.05, 0.1) is 12.7 Å². The van der Waals surface area contributed by atoms with Gasteiger partial charge in [0, 0.05) is 25.0 Å². The van der Waals surface area contributed by atoms with Gasteiger partial charge in [-0.05, 0) is 28.8 Å². The van der Waals surface area contributed by atoms with Crippen LogP contribution in [0.1, 0.15) is 5.56 Å². The second-order valence-electron chi connectivity index (χ2n) is 3.83. The molecule has 2 rings (SSSR count). The van der Waals surface area contributed by atoms with Gasteiger partial charge in [0.1, 0.15) is 0 Å². The Hall–Kier alpha value is 0.100. The Morgan fingerprint density at radius 1 is 1.60 bits per heavy atom. The lowest BCUT2D eigenvalue weighted by atomic mass is 10.2. The monoisotopic (exact) mass is 289 g/mol. The third-order valence-electron chi connectivity index (χ3n) is 2.69. The normalized spacial score (nSPS) is 23.1. The molecule has 1 aliphatic heterocycles. The molecule has 2 nitrogen and oxygen atoms in total. The van der Waals surface area contributed by atoms with Crippen LogP contribution in [0.15, 0.2) is 16.8 Å². The van der Waals surface area contributed by atoms with Gasteiger partial charge >= 0.3 is 0 Å². The summed E-state index contributed by atoms with van der Waals surface area (Å²) in [6.07, 6.45) is 1.54. The van der Waals surface area contributed by atoms with Gasteiger partial charge in [-0.25, -0.2) is 0 Å². The molecule has 0 bridgehead atoms. The van der Waals surface area contributed by atoms with Crippen LogP contribution in [0.3, 0.4) is 0 Å². The van der Waals surface area contributed by atoms with Crippen molar-refractivity contribution in [2.45, 2.75) is 12.5 Å². The summed E-state index contributed by atoms with van der Waals surface area (Å²) in [5.41, 5.74) is 1.46. The molecule has 0 spiro atoms. The number of thiophene rings is 1. The van der Waals surface area contributed by atoms with Gasteiger partial charge in [-0.3, -0.25) is 4.90 Å². The highest BCUT2D eigenvalue weighted by Crippen LogP contribution is 2.11. The Morgan fingerprint density at radius 2 is 2.53 bits per heavy atom. The lowest BCUT2D eigenvalue weighted by Gasteiger charge is -2.31. The Balaban J connectivity index is 1.74. The molecule has 1 unspecified atom stereocenters. The summed E-state index contributed by atoms with van der Waals surface area (Å²) in [6, 6.07) is 2.22. The van der Waals surface area contributed by atoms with Crippen molar-refractivity contribution in [2.75, 3.05) is 31.6 Å². The lowest BCUT2D eigenvalue weighted by molar-refractivity contribution is -0.0146. The maximum atomic E-state index is 5.61. The number of halogens is 1.